The van der Waals surface area contributed by atoms with E-state index >= 15 is 0 Å². The highest BCUT2D eigenvalue weighted by atomic mass is 32.1. The summed E-state index contributed by atoms with van der Waals surface area (Å²) in [5.41, 5.74) is 1.83. The lowest BCUT2D eigenvalue weighted by Gasteiger charge is -2.48. The molecule has 1 spiro atoms. The summed E-state index contributed by atoms with van der Waals surface area (Å²) in [5, 5.41) is 11.0. The average Bonchev–Trinajstić information content (AvgIpc) is 2.95. The van der Waals surface area contributed by atoms with Gasteiger partial charge in [0.15, 0.2) is 0 Å². The maximum absolute atomic E-state index is 4.41. The summed E-state index contributed by atoms with van der Waals surface area (Å²) >= 11 is 1.74. The fraction of sp³-hybridized carbons (Fsp3) is 0.529. The highest BCUT2D eigenvalue weighted by Crippen LogP contribution is 2.47. The first kappa shape index (κ1) is 13.4. The van der Waals surface area contributed by atoms with Crippen LogP contribution in [0.5, 0.6) is 0 Å². The molecule has 2 fully saturated rings. The molecule has 21 heavy (non-hydrogen) atoms. The van der Waals surface area contributed by atoms with Gasteiger partial charge in [0.2, 0.25) is 0 Å². The molecule has 3 nitrogen and oxygen atoms in total. The SMILES string of the molecule is c1ccc(-c2nnc(CN3CCCC4(CCC4)C3)s2)cc1. The van der Waals surface area contributed by atoms with Gasteiger partial charge in [-0.2, -0.15) is 0 Å². The zero-order valence-electron chi connectivity index (χ0n) is 12.3. The Balaban J connectivity index is 1.44. The maximum atomic E-state index is 4.41. The summed E-state index contributed by atoms with van der Waals surface area (Å²) in [4.78, 5) is 2.60. The van der Waals surface area contributed by atoms with E-state index in [1.807, 2.05) is 6.07 Å². The van der Waals surface area contributed by atoms with Crippen LogP contribution in [0.1, 0.15) is 37.1 Å². The van der Waals surface area contributed by atoms with Crippen molar-refractivity contribution in [2.45, 2.75) is 38.6 Å². The van der Waals surface area contributed by atoms with Gasteiger partial charge in [0.1, 0.15) is 10.0 Å². The Hall–Kier alpha value is -1.26. The molecule has 1 aromatic carbocycles. The summed E-state index contributed by atoms with van der Waals surface area (Å²) in [6.07, 6.45) is 7.10. The van der Waals surface area contributed by atoms with Crippen molar-refractivity contribution in [1.82, 2.24) is 15.1 Å². The van der Waals surface area contributed by atoms with Crippen molar-refractivity contribution in [2.24, 2.45) is 5.41 Å². The van der Waals surface area contributed by atoms with Gasteiger partial charge in [0.25, 0.3) is 0 Å². The molecule has 2 aliphatic rings. The van der Waals surface area contributed by atoms with Crippen molar-refractivity contribution in [3.63, 3.8) is 0 Å². The van der Waals surface area contributed by atoms with Crippen LogP contribution in [-0.4, -0.2) is 28.2 Å². The number of aromatic nitrogens is 2. The molecule has 0 unspecified atom stereocenters. The van der Waals surface area contributed by atoms with Crippen molar-refractivity contribution < 1.29 is 0 Å². The summed E-state index contributed by atoms with van der Waals surface area (Å²) < 4.78 is 0. The van der Waals surface area contributed by atoms with Crippen LogP contribution in [0.3, 0.4) is 0 Å². The predicted molar refractivity (Wildman–Crippen MR) is 86.1 cm³/mol. The van der Waals surface area contributed by atoms with Crippen LogP contribution >= 0.6 is 11.3 Å². The van der Waals surface area contributed by atoms with E-state index in [0.717, 1.165) is 16.6 Å². The highest BCUT2D eigenvalue weighted by molar-refractivity contribution is 7.14. The molecule has 0 atom stereocenters. The summed E-state index contributed by atoms with van der Waals surface area (Å²) in [7, 11) is 0. The van der Waals surface area contributed by atoms with Crippen LogP contribution in [0.15, 0.2) is 30.3 Å². The molecular formula is C17H21N3S. The quantitative estimate of drug-likeness (QED) is 0.858. The molecular weight excluding hydrogens is 278 g/mol. The van der Waals surface area contributed by atoms with Gasteiger partial charge in [0, 0.05) is 12.1 Å². The van der Waals surface area contributed by atoms with Gasteiger partial charge in [-0.3, -0.25) is 4.90 Å². The smallest absolute Gasteiger partial charge is 0.147 e. The molecule has 0 radical (unpaired) electrons. The lowest BCUT2D eigenvalue weighted by atomic mass is 9.64. The average molecular weight is 299 g/mol. The summed E-state index contributed by atoms with van der Waals surface area (Å²) in [5.74, 6) is 0. The number of rotatable bonds is 3. The van der Waals surface area contributed by atoms with Crippen molar-refractivity contribution >= 4 is 11.3 Å². The van der Waals surface area contributed by atoms with Gasteiger partial charge in [-0.25, -0.2) is 0 Å². The first-order valence-corrected chi connectivity index (χ1v) is 8.75. The van der Waals surface area contributed by atoms with E-state index in [1.165, 1.54) is 50.8 Å². The molecule has 2 aromatic rings. The van der Waals surface area contributed by atoms with E-state index in [0.29, 0.717) is 5.41 Å². The normalized spacial score (nSPS) is 21.3. The fourth-order valence-electron chi connectivity index (χ4n) is 3.74. The van der Waals surface area contributed by atoms with Crippen molar-refractivity contribution in [3.05, 3.63) is 35.3 Å². The van der Waals surface area contributed by atoms with Crippen molar-refractivity contribution in [3.8, 4) is 10.6 Å². The topological polar surface area (TPSA) is 29.0 Å². The number of hydrogen-bond donors (Lipinski definition) is 0. The minimum atomic E-state index is 0.658. The second kappa shape index (κ2) is 5.50. The van der Waals surface area contributed by atoms with Crippen molar-refractivity contribution in [1.29, 1.82) is 0 Å². The van der Waals surface area contributed by atoms with Crippen LogP contribution in [0.4, 0.5) is 0 Å². The second-order valence-corrected chi connectivity index (χ2v) is 7.60. The molecule has 1 aliphatic heterocycles. The Morgan fingerprint density at radius 2 is 1.86 bits per heavy atom. The van der Waals surface area contributed by atoms with Gasteiger partial charge < -0.3 is 0 Å². The monoisotopic (exact) mass is 299 g/mol. The summed E-state index contributed by atoms with van der Waals surface area (Å²) in [6.45, 7) is 3.47. The lowest BCUT2D eigenvalue weighted by Crippen LogP contribution is -2.46. The molecule has 1 aromatic heterocycles. The molecule has 2 heterocycles. The number of nitrogens with zero attached hydrogens (tertiary/aromatic N) is 3. The van der Waals surface area contributed by atoms with Gasteiger partial charge in [-0.15, -0.1) is 10.2 Å². The minimum absolute atomic E-state index is 0.658. The minimum Gasteiger partial charge on any atom is -0.296 e. The standard InChI is InChI=1S/C17H21N3S/c1-2-6-14(7-3-1)16-19-18-15(21-16)12-20-11-5-10-17(13-20)8-4-9-17/h1-3,6-7H,4-5,8-13H2. The molecule has 1 aliphatic carbocycles. The number of likely N-dealkylation sites (tertiary alicyclic amines) is 1. The van der Waals surface area contributed by atoms with E-state index in [4.69, 9.17) is 0 Å². The van der Waals surface area contributed by atoms with Gasteiger partial charge in [-0.1, -0.05) is 48.1 Å². The molecule has 1 saturated heterocycles. The third-order valence-corrected chi connectivity index (χ3v) is 5.96. The maximum Gasteiger partial charge on any atom is 0.147 e. The number of piperidine rings is 1. The van der Waals surface area contributed by atoms with Crippen LogP contribution in [0.2, 0.25) is 0 Å². The Bertz CT molecular complexity index is 604. The molecule has 110 valence electrons. The van der Waals surface area contributed by atoms with E-state index in [-0.39, 0.29) is 0 Å². The first-order valence-electron chi connectivity index (χ1n) is 7.93. The highest BCUT2D eigenvalue weighted by Gasteiger charge is 2.40. The zero-order chi connectivity index (χ0) is 14.1. The lowest BCUT2D eigenvalue weighted by molar-refractivity contribution is 0.0165. The Morgan fingerprint density at radius 1 is 1.05 bits per heavy atom. The molecule has 0 amide bonds. The van der Waals surface area contributed by atoms with Crippen molar-refractivity contribution in [2.75, 3.05) is 13.1 Å². The van der Waals surface area contributed by atoms with E-state index < -0.39 is 0 Å². The van der Waals surface area contributed by atoms with Gasteiger partial charge in [-0.05, 0) is 37.6 Å². The zero-order valence-corrected chi connectivity index (χ0v) is 13.1. The molecule has 1 saturated carbocycles. The van der Waals surface area contributed by atoms with E-state index in [2.05, 4.69) is 39.4 Å². The largest absolute Gasteiger partial charge is 0.296 e. The first-order chi connectivity index (χ1) is 10.3. The Kier molecular flexibility index (Phi) is 3.51. The molecule has 4 heteroatoms. The molecule has 4 rings (SSSR count). The Morgan fingerprint density at radius 3 is 2.62 bits per heavy atom. The van der Waals surface area contributed by atoms with Crippen LogP contribution in [0, 0.1) is 5.41 Å². The fourth-order valence-corrected chi connectivity index (χ4v) is 4.62. The van der Waals surface area contributed by atoms with E-state index in [9.17, 15) is 0 Å². The third kappa shape index (κ3) is 2.74. The third-order valence-electron chi connectivity index (χ3n) is 5.00. The number of benzene rings is 1. The van der Waals surface area contributed by atoms with E-state index in [1.54, 1.807) is 11.3 Å². The predicted octanol–water partition coefficient (Wildman–Crippen LogP) is 3.97. The Labute approximate surface area is 130 Å². The number of hydrogen-bond acceptors (Lipinski definition) is 4. The summed E-state index contributed by atoms with van der Waals surface area (Å²) in [6, 6.07) is 10.4. The van der Waals surface area contributed by atoms with Crippen LogP contribution < -0.4 is 0 Å². The van der Waals surface area contributed by atoms with Crippen LogP contribution in [0.25, 0.3) is 10.6 Å². The van der Waals surface area contributed by atoms with Gasteiger partial charge in [0.05, 0.1) is 6.54 Å². The van der Waals surface area contributed by atoms with Crippen LogP contribution in [-0.2, 0) is 6.54 Å². The molecule has 0 bridgehead atoms. The van der Waals surface area contributed by atoms with Gasteiger partial charge >= 0.3 is 0 Å². The second-order valence-electron chi connectivity index (χ2n) is 6.53. The molecule has 0 N–H and O–H groups in total.